The minimum absolute atomic E-state index is 0.185. The average molecular weight is 465 g/mol. The molecule has 3 amide bonds. The fourth-order valence-electron chi connectivity index (χ4n) is 5.75. The van der Waals surface area contributed by atoms with E-state index in [0.717, 1.165) is 40.4 Å². The third-order valence-electron chi connectivity index (χ3n) is 7.59. The van der Waals surface area contributed by atoms with E-state index in [2.05, 4.69) is 0 Å². The molecular formula is C26H25ClN2O4. The largest absolute Gasteiger partial charge is 0.292 e. The smallest absolute Gasteiger partial charge is 0.273 e. The van der Waals surface area contributed by atoms with E-state index in [0.29, 0.717) is 10.6 Å². The molecule has 33 heavy (non-hydrogen) atoms. The van der Waals surface area contributed by atoms with Gasteiger partial charge < -0.3 is 0 Å². The third-order valence-corrected chi connectivity index (χ3v) is 7.85. The Morgan fingerprint density at radius 2 is 1.48 bits per heavy atom. The minimum atomic E-state index is -0.571. The molecule has 7 heteroatoms. The van der Waals surface area contributed by atoms with E-state index in [1.807, 2.05) is 19.9 Å². The Hall–Kier alpha value is -2.99. The summed E-state index contributed by atoms with van der Waals surface area (Å²) in [7, 11) is 0. The molecule has 0 radical (unpaired) electrons. The van der Waals surface area contributed by atoms with Crippen LogP contribution in [-0.4, -0.2) is 40.1 Å². The number of fused-ring (bicyclic) bond motifs is 5. The SMILES string of the molecule is Cc1ccc(C(=O)CN(C(=O)c2ccc(Cl)cc2)N2C(=O)[C@@H]3[C@H]4CC[C@@H](C4)[C@@H]3C2=O)cc1C. The number of aryl methyl sites for hydroxylation is 2. The number of ketones is 1. The van der Waals surface area contributed by atoms with E-state index >= 15 is 0 Å². The van der Waals surface area contributed by atoms with Crippen molar-refractivity contribution in [2.24, 2.45) is 23.7 Å². The Bertz CT molecular complexity index is 1150. The zero-order chi connectivity index (χ0) is 23.4. The highest BCUT2D eigenvalue weighted by molar-refractivity contribution is 6.30. The standard InChI is InChI=1S/C26H25ClN2O4/c1-14-3-4-17(11-15(14)2)21(30)13-28(24(31)16-7-9-20(27)10-8-16)29-25(32)22-18-5-6-19(12-18)23(22)26(29)33/h3-4,7-11,18-19,22-23H,5-6,12-13H2,1-2H3/t18-,19-,22-,23+/m0/s1. The van der Waals surface area contributed by atoms with Crippen LogP contribution in [0, 0.1) is 37.5 Å². The van der Waals surface area contributed by atoms with Crippen molar-refractivity contribution in [3.8, 4) is 0 Å². The summed E-state index contributed by atoms with van der Waals surface area (Å²) < 4.78 is 0. The Balaban J connectivity index is 1.50. The number of imide groups is 1. The van der Waals surface area contributed by atoms with Gasteiger partial charge in [-0.3, -0.25) is 19.2 Å². The van der Waals surface area contributed by atoms with Gasteiger partial charge in [0, 0.05) is 16.1 Å². The van der Waals surface area contributed by atoms with E-state index in [1.54, 1.807) is 24.3 Å². The number of benzene rings is 2. The van der Waals surface area contributed by atoms with Crippen LogP contribution in [0.25, 0.3) is 0 Å². The monoisotopic (exact) mass is 464 g/mol. The first kappa shape index (κ1) is 21.8. The van der Waals surface area contributed by atoms with Crippen molar-refractivity contribution in [3.05, 3.63) is 69.7 Å². The molecule has 2 saturated carbocycles. The molecule has 0 spiro atoms. The van der Waals surface area contributed by atoms with Crippen molar-refractivity contribution < 1.29 is 19.2 Å². The van der Waals surface area contributed by atoms with Crippen LogP contribution in [0.2, 0.25) is 5.02 Å². The summed E-state index contributed by atoms with van der Waals surface area (Å²) in [6.45, 7) is 3.47. The molecule has 1 aliphatic heterocycles. The van der Waals surface area contributed by atoms with Gasteiger partial charge in [0.15, 0.2) is 5.78 Å². The molecule has 2 aliphatic carbocycles. The van der Waals surface area contributed by atoms with Gasteiger partial charge in [0.1, 0.15) is 6.54 Å². The number of nitrogens with zero attached hydrogens (tertiary/aromatic N) is 2. The van der Waals surface area contributed by atoms with Crippen LogP contribution in [0.4, 0.5) is 0 Å². The van der Waals surface area contributed by atoms with Crippen molar-refractivity contribution >= 4 is 35.1 Å². The zero-order valence-electron chi connectivity index (χ0n) is 18.6. The summed E-state index contributed by atoms with van der Waals surface area (Å²) >= 11 is 5.97. The highest BCUT2D eigenvalue weighted by atomic mass is 35.5. The molecule has 6 nitrogen and oxygen atoms in total. The van der Waals surface area contributed by atoms with Crippen LogP contribution in [0.1, 0.15) is 51.1 Å². The summed E-state index contributed by atoms with van der Waals surface area (Å²) in [5.74, 6) is -2.01. The van der Waals surface area contributed by atoms with E-state index in [9.17, 15) is 19.2 Å². The van der Waals surface area contributed by atoms with Crippen LogP contribution in [0.5, 0.6) is 0 Å². The van der Waals surface area contributed by atoms with Gasteiger partial charge >= 0.3 is 0 Å². The summed E-state index contributed by atoms with van der Waals surface area (Å²) in [4.78, 5) is 53.5. The number of hydrogen-bond donors (Lipinski definition) is 0. The molecule has 0 aromatic heterocycles. The van der Waals surface area contributed by atoms with Crippen LogP contribution >= 0.6 is 11.6 Å². The Morgan fingerprint density at radius 1 is 0.909 bits per heavy atom. The van der Waals surface area contributed by atoms with E-state index in [-0.39, 0.29) is 46.8 Å². The average Bonchev–Trinajstić information content (AvgIpc) is 3.48. The van der Waals surface area contributed by atoms with Crippen LogP contribution in [0.3, 0.4) is 0 Å². The summed E-state index contributed by atoms with van der Waals surface area (Å²) in [5.41, 5.74) is 2.70. The number of Topliss-reactive ketones (excluding diaryl/α,β-unsaturated/α-hetero) is 1. The predicted molar refractivity (Wildman–Crippen MR) is 122 cm³/mol. The lowest BCUT2D eigenvalue weighted by Gasteiger charge is -2.31. The van der Waals surface area contributed by atoms with E-state index < -0.39 is 12.5 Å². The Kier molecular flexibility index (Phi) is 5.36. The number of hydrogen-bond acceptors (Lipinski definition) is 4. The van der Waals surface area contributed by atoms with Crippen molar-refractivity contribution in [2.75, 3.05) is 6.54 Å². The molecule has 2 aromatic carbocycles. The first-order chi connectivity index (χ1) is 15.8. The number of rotatable bonds is 5. The molecule has 1 saturated heterocycles. The molecule has 0 N–H and O–H groups in total. The van der Waals surface area contributed by atoms with Gasteiger partial charge in [-0.1, -0.05) is 23.7 Å². The third kappa shape index (κ3) is 3.57. The van der Waals surface area contributed by atoms with Gasteiger partial charge in [0.25, 0.3) is 17.7 Å². The topological polar surface area (TPSA) is 74.8 Å². The molecular weight excluding hydrogens is 440 g/mol. The highest BCUT2D eigenvalue weighted by Crippen LogP contribution is 2.56. The number of halogens is 1. The lowest BCUT2D eigenvalue weighted by molar-refractivity contribution is -0.154. The first-order valence-corrected chi connectivity index (χ1v) is 11.7. The Morgan fingerprint density at radius 3 is 2.06 bits per heavy atom. The van der Waals surface area contributed by atoms with E-state index in [4.69, 9.17) is 11.6 Å². The van der Waals surface area contributed by atoms with E-state index in [1.165, 1.54) is 12.1 Å². The normalized spacial score (nSPS) is 25.5. The molecule has 3 aliphatic rings. The highest BCUT2D eigenvalue weighted by Gasteiger charge is 2.62. The Labute approximate surface area is 197 Å². The molecule has 4 atom stereocenters. The molecule has 1 heterocycles. The van der Waals surface area contributed by atoms with Gasteiger partial charge in [-0.05, 0) is 86.4 Å². The first-order valence-electron chi connectivity index (χ1n) is 11.3. The minimum Gasteiger partial charge on any atom is -0.292 e. The molecule has 2 aromatic rings. The zero-order valence-corrected chi connectivity index (χ0v) is 19.3. The van der Waals surface area contributed by atoms with Crippen molar-refractivity contribution in [1.82, 2.24) is 10.0 Å². The van der Waals surface area contributed by atoms with Crippen LogP contribution in [0.15, 0.2) is 42.5 Å². The van der Waals surface area contributed by atoms with Crippen LogP contribution in [-0.2, 0) is 9.59 Å². The van der Waals surface area contributed by atoms with Gasteiger partial charge in [-0.15, -0.1) is 0 Å². The lowest BCUT2D eigenvalue weighted by atomic mass is 9.81. The molecule has 170 valence electrons. The fourth-order valence-corrected chi connectivity index (χ4v) is 5.87. The fraction of sp³-hybridized carbons (Fsp3) is 0.385. The number of amides is 3. The maximum Gasteiger partial charge on any atom is 0.273 e. The van der Waals surface area contributed by atoms with Gasteiger partial charge in [0.05, 0.1) is 11.8 Å². The maximum absolute atomic E-state index is 13.5. The molecule has 0 unspecified atom stereocenters. The summed E-state index contributed by atoms with van der Waals surface area (Å²) in [6.07, 6.45) is 2.77. The predicted octanol–water partition coefficient (Wildman–Crippen LogP) is 4.23. The lowest BCUT2D eigenvalue weighted by Crippen LogP contribution is -2.52. The second-order valence-corrected chi connectivity index (χ2v) is 9.90. The molecule has 3 fully saturated rings. The van der Waals surface area contributed by atoms with Gasteiger partial charge in [-0.2, -0.15) is 5.01 Å². The summed E-state index contributed by atoms with van der Waals surface area (Å²) in [6, 6.07) is 11.5. The second kappa shape index (κ2) is 8.10. The number of hydrazine groups is 1. The number of carbonyl (C=O) groups excluding carboxylic acids is 4. The quantitative estimate of drug-likeness (QED) is 0.490. The molecule has 5 rings (SSSR count). The van der Waals surface area contributed by atoms with Gasteiger partial charge in [0.2, 0.25) is 0 Å². The number of carbonyl (C=O) groups is 4. The van der Waals surface area contributed by atoms with Crippen LogP contribution < -0.4 is 0 Å². The van der Waals surface area contributed by atoms with Gasteiger partial charge in [-0.25, -0.2) is 5.01 Å². The maximum atomic E-state index is 13.5. The van der Waals surface area contributed by atoms with Crippen molar-refractivity contribution in [2.45, 2.75) is 33.1 Å². The second-order valence-electron chi connectivity index (χ2n) is 9.46. The molecule has 2 bridgehead atoms. The summed E-state index contributed by atoms with van der Waals surface area (Å²) in [5, 5.41) is 2.47. The van der Waals surface area contributed by atoms with Crippen molar-refractivity contribution in [3.63, 3.8) is 0 Å². The van der Waals surface area contributed by atoms with Crippen molar-refractivity contribution in [1.29, 1.82) is 0 Å².